The molecule has 0 aromatic heterocycles. The van der Waals surface area contributed by atoms with Crippen LogP contribution in [0.4, 0.5) is 11.4 Å². The zero-order valence-electron chi connectivity index (χ0n) is 13.4. The number of nitrogens with zero attached hydrogens (tertiary/aromatic N) is 2. The van der Waals surface area contributed by atoms with Crippen LogP contribution in [0.5, 0.6) is 0 Å². The SMILES string of the molecule is O=C1C[C@H](N2CCCc3ccccc32)C(=O)N1c1cc(Cl)cc(Cl)c1. The van der Waals surface area contributed by atoms with E-state index in [-0.39, 0.29) is 18.2 Å². The Morgan fingerprint density at radius 2 is 1.72 bits per heavy atom. The highest BCUT2D eigenvalue weighted by atomic mass is 35.5. The third kappa shape index (κ3) is 2.90. The van der Waals surface area contributed by atoms with Crippen LogP contribution in [0.15, 0.2) is 42.5 Å². The number of benzene rings is 2. The predicted molar refractivity (Wildman–Crippen MR) is 99.5 cm³/mol. The molecule has 0 saturated carbocycles. The first-order chi connectivity index (χ1) is 12.0. The third-order valence-electron chi connectivity index (χ3n) is 4.75. The summed E-state index contributed by atoms with van der Waals surface area (Å²) in [6, 6.07) is 12.4. The lowest BCUT2D eigenvalue weighted by Crippen LogP contribution is -2.44. The summed E-state index contributed by atoms with van der Waals surface area (Å²) >= 11 is 12.1. The maximum atomic E-state index is 13.0. The van der Waals surface area contributed by atoms with E-state index in [1.165, 1.54) is 10.5 Å². The van der Waals surface area contributed by atoms with Gasteiger partial charge in [-0.25, -0.2) is 4.90 Å². The normalized spacial score (nSPS) is 20.2. The molecule has 0 bridgehead atoms. The second kappa shape index (κ2) is 6.36. The minimum Gasteiger partial charge on any atom is -0.359 e. The highest BCUT2D eigenvalue weighted by Crippen LogP contribution is 2.35. The summed E-state index contributed by atoms with van der Waals surface area (Å²) in [4.78, 5) is 28.9. The fourth-order valence-electron chi connectivity index (χ4n) is 3.69. The second-order valence-corrected chi connectivity index (χ2v) is 7.21. The summed E-state index contributed by atoms with van der Waals surface area (Å²) < 4.78 is 0. The van der Waals surface area contributed by atoms with Crippen LogP contribution in [-0.2, 0) is 16.0 Å². The van der Waals surface area contributed by atoms with Gasteiger partial charge in [0.15, 0.2) is 0 Å². The Kier molecular flexibility index (Phi) is 4.18. The Hall–Kier alpha value is -2.04. The molecule has 2 aliphatic heterocycles. The molecule has 128 valence electrons. The Morgan fingerprint density at radius 1 is 1.00 bits per heavy atom. The molecular weight excluding hydrogens is 359 g/mol. The van der Waals surface area contributed by atoms with Crippen LogP contribution in [0.25, 0.3) is 0 Å². The van der Waals surface area contributed by atoms with Crippen molar-refractivity contribution in [2.24, 2.45) is 0 Å². The number of amides is 2. The van der Waals surface area contributed by atoms with Gasteiger partial charge < -0.3 is 4.90 Å². The topological polar surface area (TPSA) is 40.6 Å². The van der Waals surface area contributed by atoms with Crippen LogP contribution in [0.3, 0.4) is 0 Å². The molecule has 0 radical (unpaired) electrons. The number of anilines is 2. The maximum Gasteiger partial charge on any atom is 0.256 e. The van der Waals surface area contributed by atoms with Gasteiger partial charge in [-0.05, 0) is 42.7 Å². The Labute approximate surface area is 155 Å². The molecule has 1 saturated heterocycles. The molecule has 0 aliphatic carbocycles. The van der Waals surface area contributed by atoms with Crippen molar-refractivity contribution in [2.45, 2.75) is 25.3 Å². The number of carbonyl (C=O) groups is 2. The van der Waals surface area contributed by atoms with Crippen molar-refractivity contribution in [1.29, 1.82) is 0 Å². The van der Waals surface area contributed by atoms with Gasteiger partial charge in [0.05, 0.1) is 12.1 Å². The molecule has 2 heterocycles. The van der Waals surface area contributed by atoms with Crippen LogP contribution in [0, 0.1) is 0 Å². The van der Waals surface area contributed by atoms with E-state index in [0.29, 0.717) is 15.7 Å². The summed E-state index contributed by atoms with van der Waals surface area (Å²) in [5.74, 6) is -0.448. The zero-order chi connectivity index (χ0) is 17.6. The van der Waals surface area contributed by atoms with E-state index in [2.05, 4.69) is 11.0 Å². The van der Waals surface area contributed by atoms with Crippen LogP contribution in [0.2, 0.25) is 10.0 Å². The van der Waals surface area contributed by atoms with Crippen LogP contribution in [0.1, 0.15) is 18.4 Å². The van der Waals surface area contributed by atoms with Gasteiger partial charge in [-0.15, -0.1) is 0 Å². The number of para-hydroxylation sites is 1. The monoisotopic (exact) mass is 374 g/mol. The smallest absolute Gasteiger partial charge is 0.256 e. The van der Waals surface area contributed by atoms with Gasteiger partial charge in [0.25, 0.3) is 5.91 Å². The number of hydrogen-bond acceptors (Lipinski definition) is 3. The Morgan fingerprint density at radius 3 is 2.48 bits per heavy atom. The van der Waals surface area contributed by atoms with Gasteiger partial charge >= 0.3 is 0 Å². The number of carbonyl (C=O) groups excluding carboxylic acids is 2. The molecule has 4 rings (SSSR count). The highest BCUT2D eigenvalue weighted by Gasteiger charge is 2.43. The molecular formula is C19H16Cl2N2O2. The first-order valence-corrected chi connectivity index (χ1v) is 8.97. The van der Waals surface area contributed by atoms with Crippen molar-refractivity contribution in [2.75, 3.05) is 16.3 Å². The molecule has 0 N–H and O–H groups in total. The van der Waals surface area contributed by atoms with Crippen molar-refractivity contribution in [3.8, 4) is 0 Å². The Balaban J connectivity index is 1.68. The van der Waals surface area contributed by atoms with Crippen LogP contribution in [-0.4, -0.2) is 24.4 Å². The van der Waals surface area contributed by atoms with E-state index in [0.717, 1.165) is 25.1 Å². The first kappa shape index (κ1) is 16.4. The lowest BCUT2D eigenvalue weighted by molar-refractivity contribution is -0.121. The van der Waals surface area contributed by atoms with E-state index >= 15 is 0 Å². The second-order valence-electron chi connectivity index (χ2n) is 6.34. The predicted octanol–water partition coefficient (Wildman–Crippen LogP) is 4.08. The van der Waals surface area contributed by atoms with Gasteiger partial charge in [-0.3, -0.25) is 9.59 Å². The summed E-state index contributed by atoms with van der Waals surface area (Å²) in [5.41, 5.74) is 2.70. The highest BCUT2D eigenvalue weighted by molar-refractivity contribution is 6.35. The van der Waals surface area contributed by atoms with Crippen molar-refractivity contribution in [3.05, 3.63) is 58.1 Å². The van der Waals surface area contributed by atoms with Crippen molar-refractivity contribution >= 4 is 46.4 Å². The number of halogens is 2. The molecule has 2 aliphatic rings. The molecule has 2 amide bonds. The van der Waals surface area contributed by atoms with Crippen LogP contribution < -0.4 is 9.80 Å². The number of rotatable bonds is 2. The summed E-state index contributed by atoms with van der Waals surface area (Å²) in [7, 11) is 0. The minimum atomic E-state index is -0.480. The summed E-state index contributed by atoms with van der Waals surface area (Å²) in [6.07, 6.45) is 2.13. The molecule has 1 fully saturated rings. The minimum absolute atomic E-state index is 0.164. The fourth-order valence-corrected chi connectivity index (χ4v) is 4.20. The largest absolute Gasteiger partial charge is 0.359 e. The molecule has 25 heavy (non-hydrogen) atoms. The van der Waals surface area contributed by atoms with Gasteiger partial charge in [0.1, 0.15) is 6.04 Å². The number of hydrogen-bond donors (Lipinski definition) is 0. The molecule has 2 aromatic carbocycles. The molecule has 1 atom stereocenters. The van der Waals surface area contributed by atoms with Gasteiger partial charge in [-0.2, -0.15) is 0 Å². The van der Waals surface area contributed by atoms with Gasteiger partial charge in [0.2, 0.25) is 5.91 Å². The van der Waals surface area contributed by atoms with Crippen molar-refractivity contribution in [1.82, 2.24) is 0 Å². The van der Waals surface area contributed by atoms with E-state index in [9.17, 15) is 9.59 Å². The van der Waals surface area contributed by atoms with Crippen LogP contribution >= 0.6 is 23.2 Å². The average molecular weight is 375 g/mol. The number of aryl methyl sites for hydroxylation is 1. The summed E-state index contributed by atoms with van der Waals surface area (Å²) in [6.45, 7) is 0.769. The summed E-state index contributed by atoms with van der Waals surface area (Å²) in [5, 5.41) is 0.796. The zero-order valence-corrected chi connectivity index (χ0v) is 14.9. The van der Waals surface area contributed by atoms with Gasteiger partial charge in [-0.1, -0.05) is 41.4 Å². The van der Waals surface area contributed by atoms with E-state index in [1.807, 2.05) is 18.2 Å². The fraction of sp³-hybridized carbons (Fsp3) is 0.263. The standard InChI is InChI=1S/C19H16Cl2N2O2/c20-13-8-14(21)10-15(9-13)23-18(24)11-17(19(23)25)22-7-3-5-12-4-1-2-6-16(12)22/h1-2,4,6,8-10,17H,3,5,7,11H2/t17-/m0/s1. The molecule has 4 nitrogen and oxygen atoms in total. The third-order valence-corrected chi connectivity index (χ3v) is 5.19. The number of imide groups is 1. The van der Waals surface area contributed by atoms with Crippen molar-refractivity contribution in [3.63, 3.8) is 0 Å². The van der Waals surface area contributed by atoms with Crippen molar-refractivity contribution < 1.29 is 9.59 Å². The lowest BCUT2D eigenvalue weighted by atomic mass is 9.99. The molecule has 0 unspecified atom stereocenters. The molecule has 6 heteroatoms. The van der Waals surface area contributed by atoms with E-state index in [1.54, 1.807) is 18.2 Å². The lowest BCUT2D eigenvalue weighted by Gasteiger charge is -2.34. The quantitative estimate of drug-likeness (QED) is 0.743. The first-order valence-electron chi connectivity index (χ1n) is 8.22. The molecule has 2 aromatic rings. The van der Waals surface area contributed by atoms with E-state index < -0.39 is 6.04 Å². The van der Waals surface area contributed by atoms with E-state index in [4.69, 9.17) is 23.2 Å². The molecule has 0 spiro atoms. The van der Waals surface area contributed by atoms with Gasteiger partial charge in [0, 0.05) is 22.3 Å². The maximum absolute atomic E-state index is 13.0. The number of fused-ring (bicyclic) bond motifs is 1. The average Bonchev–Trinajstić information content (AvgIpc) is 2.88. The Bertz CT molecular complexity index is 848.